The number of hydrogen-bond acceptors (Lipinski definition) is 1. The Morgan fingerprint density at radius 1 is 1.27 bits per heavy atom. The monoisotopic (exact) mass is 244 g/mol. The molecule has 0 N–H and O–H groups in total. The number of alkyl halides is 1. The van der Waals surface area contributed by atoms with Gasteiger partial charge in [-0.3, -0.25) is 0 Å². The van der Waals surface area contributed by atoms with E-state index >= 15 is 0 Å². The number of unbranched alkanes of at least 4 members (excludes halogenated alkanes) is 3. The normalized spacial score (nSPS) is 13.1. The molecule has 0 saturated heterocycles. The van der Waals surface area contributed by atoms with Crippen molar-refractivity contribution < 1.29 is 0 Å². The second-order valence-corrected chi connectivity index (χ2v) is 6.04. The minimum Gasteiger partial charge on any atom is -0.144 e. The Labute approximate surface area is 103 Å². The first kappa shape index (κ1) is 13.1. The average Bonchev–Trinajstić information content (AvgIpc) is 2.52. The molecule has 0 spiro atoms. The smallest absolute Gasteiger partial charge is 0.0681 e. The fourth-order valence-electron chi connectivity index (χ4n) is 1.85. The van der Waals surface area contributed by atoms with Gasteiger partial charge in [-0.2, -0.15) is 0 Å². The van der Waals surface area contributed by atoms with Gasteiger partial charge in [-0.05, 0) is 31.9 Å². The molecule has 0 aliphatic heterocycles. The summed E-state index contributed by atoms with van der Waals surface area (Å²) in [5.41, 5.74) is 1.37. The summed E-state index contributed by atoms with van der Waals surface area (Å²) in [6, 6.07) is 2.24. The van der Waals surface area contributed by atoms with Crippen LogP contribution in [-0.2, 0) is 0 Å². The molecule has 1 unspecified atom stereocenters. The average molecular weight is 245 g/mol. The molecule has 15 heavy (non-hydrogen) atoms. The Morgan fingerprint density at radius 2 is 2.00 bits per heavy atom. The minimum atomic E-state index is 0.237. The zero-order valence-corrected chi connectivity index (χ0v) is 11.5. The van der Waals surface area contributed by atoms with E-state index in [1.54, 1.807) is 0 Å². The van der Waals surface area contributed by atoms with Crippen LogP contribution < -0.4 is 0 Å². The first-order valence-electron chi connectivity index (χ1n) is 5.86. The van der Waals surface area contributed by atoms with Crippen LogP contribution in [0.3, 0.4) is 0 Å². The second kappa shape index (κ2) is 6.55. The maximum atomic E-state index is 6.41. The molecule has 0 saturated carbocycles. The zero-order valence-electron chi connectivity index (χ0n) is 9.98. The van der Waals surface area contributed by atoms with E-state index in [1.165, 1.54) is 41.0 Å². The van der Waals surface area contributed by atoms with Gasteiger partial charge < -0.3 is 0 Å². The lowest BCUT2D eigenvalue weighted by Gasteiger charge is -2.08. The van der Waals surface area contributed by atoms with Gasteiger partial charge in [0.05, 0.1) is 5.38 Å². The van der Waals surface area contributed by atoms with Crippen molar-refractivity contribution in [3.63, 3.8) is 0 Å². The molecule has 86 valence electrons. The quantitative estimate of drug-likeness (QED) is 0.450. The fourth-order valence-corrected chi connectivity index (χ4v) is 3.36. The zero-order chi connectivity index (χ0) is 11.3. The summed E-state index contributed by atoms with van der Waals surface area (Å²) in [6.45, 7) is 6.56. The van der Waals surface area contributed by atoms with Crippen molar-refractivity contribution in [3.05, 3.63) is 21.4 Å². The fraction of sp³-hybridized carbons (Fsp3) is 0.692. The van der Waals surface area contributed by atoms with E-state index in [-0.39, 0.29) is 5.38 Å². The maximum absolute atomic E-state index is 6.41. The summed E-state index contributed by atoms with van der Waals surface area (Å²) < 4.78 is 0. The second-order valence-electron chi connectivity index (χ2n) is 4.22. The summed E-state index contributed by atoms with van der Waals surface area (Å²) in [5.74, 6) is 0. The van der Waals surface area contributed by atoms with E-state index in [9.17, 15) is 0 Å². The number of hydrogen-bond donors (Lipinski definition) is 0. The molecule has 2 heteroatoms. The lowest BCUT2D eigenvalue weighted by Crippen LogP contribution is -1.89. The number of thiophene rings is 1. The molecule has 0 amide bonds. The molecule has 1 aromatic heterocycles. The van der Waals surface area contributed by atoms with Crippen LogP contribution in [0, 0.1) is 13.8 Å². The van der Waals surface area contributed by atoms with Gasteiger partial charge in [0.15, 0.2) is 0 Å². The van der Waals surface area contributed by atoms with Crippen LogP contribution in [0.5, 0.6) is 0 Å². The summed E-state index contributed by atoms with van der Waals surface area (Å²) in [7, 11) is 0. The number of aryl methyl sites for hydroxylation is 2. The van der Waals surface area contributed by atoms with Gasteiger partial charge in [-0.1, -0.05) is 32.6 Å². The molecule has 0 aliphatic rings. The van der Waals surface area contributed by atoms with E-state index in [4.69, 9.17) is 11.6 Å². The first-order valence-corrected chi connectivity index (χ1v) is 7.11. The Morgan fingerprint density at radius 3 is 2.53 bits per heavy atom. The summed E-state index contributed by atoms with van der Waals surface area (Å²) in [6.07, 6.45) is 6.35. The van der Waals surface area contributed by atoms with Crippen LogP contribution in [0.25, 0.3) is 0 Å². The maximum Gasteiger partial charge on any atom is 0.0681 e. The van der Waals surface area contributed by atoms with E-state index in [1.807, 2.05) is 11.3 Å². The molecule has 1 rings (SSSR count). The lowest BCUT2D eigenvalue weighted by atomic mass is 10.1. The van der Waals surface area contributed by atoms with Crippen LogP contribution in [0.2, 0.25) is 0 Å². The Hall–Kier alpha value is -0.0100. The molecule has 1 aromatic rings. The van der Waals surface area contributed by atoms with E-state index in [2.05, 4.69) is 26.8 Å². The van der Waals surface area contributed by atoms with Gasteiger partial charge in [-0.15, -0.1) is 22.9 Å². The molecule has 0 nitrogen and oxygen atoms in total. The lowest BCUT2D eigenvalue weighted by molar-refractivity contribution is 0.626. The van der Waals surface area contributed by atoms with Gasteiger partial charge in [0.25, 0.3) is 0 Å². The topological polar surface area (TPSA) is 0 Å². The molecule has 1 atom stereocenters. The largest absolute Gasteiger partial charge is 0.144 e. The van der Waals surface area contributed by atoms with Crippen LogP contribution in [0.1, 0.15) is 59.7 Å². The third kappa shape index (κ3) is 4.16. The predicted octanol–water partition coefficient (Wildman–Crippen LogP) is 5.62. The highest BCUT2D eigenvalue weighted by Gasteiger charge is 2.12. The van der Waals surface area contributed by atoms with Crippen LogP contribution in [-0.4, -0.2) is 0 Å². The highest BCUT2D eigenvalue weighted by atomic mass is 35.5. The van der Waals surface area contributed by atoms with Crippen molar-refractivity contribution in [1.82, 2.24) is 0 Å². The molecular formula is C13H21ClS. The highest BCUT2D eigenvalue weighted by Crippen LogP contribution is 2.34. The van der Waals surface area contributed by atoms with Crippen molar-refractivity contribution in [2.45, 2.75) is 58.3 Å². The van der Waals surface area contributed by atoms with Gasteiger partial charge in [0, 0.05) is 9.75 Å². The molecule has 1 heterocycles. The summed E-state index contributed by atoms with van der Waals surface area (Å²) >= 11 is 8.27. The van der Waals surface area contributed by atoms with E-state index in [0.717, 1.165) is 6.42 Å². The predicted molar refractivity (Wildman–Crippen MR) is 71.1 cm³/mol. The number of rotatable bonds is 6. The summed E-state index contributed by atoms with van der Waals surface area (Å²) in [4.78, 5) is 2.76. The third-order valence-electron chi connectivity index (χ3n) is 2.67. The molecule has 0 aliphatic carbocycles. The van der Waals surface area contributed by atoms with Gasteiger partial charge in [-0.25, -0.2) is 0 Å². The molecule has 0 aromatic carbocycles. The number of halogens is 1. The van der Waals surface area contributed by atoms with E-state index in [0.29, 0.717) is 0 Å². The van der Waals surface area contributed by atoms with Crippen LogP contribution >= 0.6 is 22.9 Å². The minimum absolute atomic E-state index is 0.237. The van der Waals surface area contributed by atoms with Crippen molar-refractivity contribution in [2.24, 2.45) is 0 Å². The van der Waals surface area contributed by atoms with Gasteiger partial charge >= 0.3 is 0 Å². The SMILES string of the molecule is CCCCCCC(Cl)c1sc(C)cc1C. The first-order chi connectivity index (χ1) is 7.15. The van der Waals surface area contributed by atoms with Crippen LogP contribution in [0.15, 0.2) is 6.07 Å². The van der Waals surface area contributed by atoms with Crippen LogP contribution in [0.4, 0.5) is 0 Å². The van der Waals surface area contributed by atoms with Crippen molar-refractivity contribution in [2.75, 3.05) is 0 Å². The molecular weight excluding hydrogens is 224 g/mol. The van der Waals surface area contributed by atoms with E-state index < -0.39 is 0 Å². The van der Waals surface area contributed by atoms with Gasteiger partial charge in [0.1, 0.15) is 0 Å². The third-order valence-corrected chi connectivity index (χ3v) is 4.51. The Bertz CT molecular complexity index is 291. The van der Waals surface area contributed by atoms with Gasteiger partial charge in [0.2, 0.25) is 0 Å². The Kier molecular flexibility index (Phi) is 5.70. The standard InChI is InChI=1S/C13H21ClS/c1-4-5-6-7-8-12(14)13-10(2)9-11(3)15-13/h9,12H,4-8H2,1-3H3. The van der Waals surface area contributed by atoms with Crippen molar-refractivity contribution >= 4 is 22.9 Å². The van der Waals surface area contributed by atoms with Crippen molar-refractivity contribution in [3.8, 4) is 0 Å². The highest BCUT2D eigenvalue weighted by molar-refractivity contribution is 7.12. The summed E-state index contributed by atoms with van der Waals surface area (Å²) in [5, 5.41) is 0.237. The molecule has 0 radical (unpaired) electrons. The molecule has 0 fully saturated rings. The Balaban J connectivity index is 2.39. The molecule has 0 bridgehead atoms. The van der Waals surface area contributed by atoms with Crippen molar-refractivity contribution in [1.29, 1.82) is 0 Å².